The van der Waals surface area contributed by atoms with Crippen LogP contribution in [-0.2, 0) is 6.54 Å². The molecule has 2 fully saturated rings. The molecule has 0 unspecified atom stereocenters. The van der Waals surface area contributed by atoms with Gasteiger partial charge in [-0.3, -0.25) is 4.90 Å². The van der Waals surface area contributed by atoms with Crippen LogP contribution >= 0.6 is 11.3 Å². The quantitative estimate of drug-likeness (QED) is 0.921. The molecule has 1 N–H and O–H groups in total. The van der Waals surface area contributed by atoms with Crippen molar-refractivity contribution in [2.75, 3.05) is 13.2 Å². The first-order chi connectivity index (χ1) is 9.26. The summed E-state index contributed by atoms with van der Waals surface area (Å²) >= 11 is 1.92. The molecule has 2 heterocycles. The molecule has 1 aliphatic carbocycles. The normalized spacial score (nSPS) is 29.4. The predicted octanol–water partition coefficient (Wildman–Crippen LogP) is 3.00. The fourth-order valence-corrected chi connectivity index (χ4v) is 4.27. The Labute approximate surface area is 119 Å². The number of rotatable bonds is 4. The summed E-state index contributed by atoms with van der Waals surface area (Å²) in [5.41, 5.74) is 0. The van der Waals surface area contributed by atoms with Crippen molar-refractivity contribution < 1.29 is 5.11 Å². The van der Waals surface area contributed by atoms with Crippen LogP contribution < -0.4 is 0 Å². The molecular weight excluding hydrogens is 256 g/mol. The van der Waals surface area contributed by atoms with Crippen LogP contribution in [0.4, 0.5) is 0 Å². The van der Waals surface area contributed by atoms with Crippen molar-refractivity contribution in [3.05, 3.63) is 16.1 Å². The van der Waals surface area contributed by atoms with Gasteiger partial charge >= 0.3 is 0 Å². The second-order valence-corrected chi connectivity index (χ2v) is 7.33. The maximum atomic E-state index is 9.26. The summed E-state index contributed by atoms with van der Waals surface area (Å²) in [5, 5.41) is 10.6. The minimum Gasteiger partial charge on any atom is -0.396 e. The highest BCUT2D eigenvalue weighted by Crippen LogP contribution is 2.38. The van der Waals surface area contributed by atoms with Gasteiger partial charge in [0.2, 0.25) is 0 Å². The van der Waals surface area contributed by atoms with E-state index in [4.69, 9.17) is 0 Å². The SMILES string of the molecule is C[C@H]1C[C@@H](CO)CCN1Cc1cnc(C2CCC2)s1. The van der Waals surface area contributed by atoms with Gasteiger partial charge in [0.05, 0.1) is 5.01 Å². The maximum Gasteiger partial charge on any atom is 0.0959 e. The lowest BCUT2D eigenvalue weighted by Gasteiger charge is -2.36. The van der Waals surface area contributed by atoms with E-state index >= 15 is 0 Å². The van der Waals surface area contributed by atoms with E-state index in [1.165, 1.54) is 29.1 Å². The number of aromatic nitrogens is 1. The molecule has 19 heavy (non-hydrogen) atoms. The lowest BCUT2D eigenvalue weighted by molar-refractivity contribution is 0.0846. The van der Waals surface area contributed by atoms with Crippen molar-refractivity contribution in [3.8, 4) is 0 Å². The zero-order chi connectivity index (χ0) is 13.2. The van der Waals surface area contributed by atoms with E-state index in [1.807, 2.05) is 11.3 Å². The molecule has 1 aromatic rings. The van der Waals surface area contributed by atoms with Crippen LogP contribution in [0.3, 0.4) is 0 Å². The molecule has 1 aliphatic heterocycles. The lowest BCUT2D eigenvalue weighted by atomic mass is 9.86. The number of thiazole rings is 1. The van der Waals surface area contributed by atoms with E-state index in [0.29, 0.717) is 18.6 Å². The van der Waals surface area contributed by atoms with E-state index in [1.54, 1.807) is 0 Å². The number of likely N-dealkylation sites (tertiary alicyclic amines) is 1. The zero-order valence-corrected chi connectivity index (χ0v) is 12.5. The molecule has 0 amide bonds. The Morgan fingerprint density at radius 1 is 1.42 bits per heavy atom. The topological polar surface area (TPSA) is 36.4 Å². The molecule has 0 radical (unpaired) electrons. The molecule has 1 saturated heterocycles. The number of aliphatic hydroxyl groups is 1. The van der Waals surface area contributed by atoms with E-state index in [-0.39, 0.29) is 0 Å². The fourth-order valence-electron chi connectivity index (χ4n) is 3.16. The summed E-state index contributed by atoms with van der Waals surface area (Å²) in [4.78, 5) is 8.57. The molecule has 2 aliphatic rings. The molecule has 1 saturated carbocycles. The summed E-state index contributed by atoms with van der Waals surface area (Å²) in [6.07, 6.45) is 8.41. The molecule has 106 valence electrons. The van der Waals surface area contributed by atoms with E-state index in [2.05, 4.69) is 23.0 Å². The zero-order valence-electron chi connectivity index (χ0n) is 11.7. The van der Waals surface area contributed by atoms with Crippen molar-refractivity contribution in [2.24, 2.45) is 5.92 Å². The molecule has 4 heteroatoms. The molecule has 2 atom stereocenters. The summed E-state index contributed by atoms with van der Waals surface area (Å²) in [5.74, 6) is 1.27. The molecule has 1 aromatic heterocycles. The highest BCUT2D eigenvalue weighted by molar-refractivity contribution is 7.11. The standard InChI is InChI=1S/C15H24N2OS/c1-11-7-12(10-18)5-6-17(11)9-14-8-16-15(19-14)13-3-2-4-13/h8,11-13,18H,2-7,9-10H2,1H3/t11-,12-/m0/s1. The number of aliphatic hydroxyl groups excluding tert-OH is 1. The van der Waals surface area contributed by atoms with E-state index in [0.717, 1.165) is 31.8 Å². The van der Waals surface area contributed by atoms with Gasteiger partial charge in [0.25, 0.3) is 0 Å². The Kier molecular flexibility index (Phi) is 4.20. The Morgan fingerprint density at radius 2 is 2.26 bits per heavy atom. The second kappa shape index (κ2) is 5.90. The van der Waals surface area contributed by atoms with Gasteiger partial charge in [-0.1, -0.05) is 6.42 Å². The van der Waals surface area contributed by atoms with Gasteiger partial charge < -0.3 is 5.11 Å². The van der Waals surface area contributed by atoms with Crippen LogP contribution in [0.15, 0.2) is 6.20 Å². The Morgan fingerprint density at radius 3 is 2.89 bits per heavy atom. The van der Waals surface area contributed by atoms with Crippen LogP contribution in [0, 0.1) is 5.92 Å². The number of hydrogen-bond acceptors (Lipinski definition) is 4. The van der Waals surface area contributed by atoms with Crippen LogP contribution in [0.2, 0.25) is 0 Å². The van der Waals surface area contributed by atoms with Gasteiger partial charge in [-0.05, 0) is 45.1 Å². The summed E-state index contributed by atoms with van der Waals surface area (Å²) in [6, 6.07) is 0.583. The lowest BCUT2D eigenvalue weighted by Crippen LogP contribution is -2.40. The molecule has 0 spiro atoms. The van der Waals surface area contributed by atoms with Crippen LogP contribution in [-0.4, -0.2) is 34.2 Å². The van der Waals surface area contributed by atoms with Gasteiger partial charge in [-0.25, -0.2) is 4.98 Å². The first kappa shape index (κ1) is 13.5. The third-order valence-electron chi connectivity index (χ3n) is 4.77. The summed E-state index contributed by atoms with van der Waals surface area (Å²) in [6.45, 7) is 4.80. The molecule has 0 bridgehead atoms. The highest BCUT2D eigenvalue weighted by atomic mass is 32.1. The monoisotopic (exact) mass is 280 g/mol. The number of piperidine rings is 1. The Hall–Kier alpha value is -0.450. The molecule has 0 aromatic carbocycles. The van der Waals surface area contributed by atoms with E-state index in [9.17, 15) is 5.11 Å². The van der Waals surface area contributed by atoms with Crippen molar-refractivity contribution in [2.45, 2.75) is 57.5 Å². The van der Waals surface area contributed by atoms with Crippen molar-refractivity contribution in [1.29, 1.82) is 0 Å². The van der Waals surface area contributed by atoms with Crippen LogP contribution in [0.5, 0.6) is 0 Å². The minimum atomic E-state index is 0.352. The van der Waals surface area contributed by atoms with Gasteiger partial charge in [0.15, 0.2) is 0 Å². The van der Waals surface area contributed by atoms with Crippen molar-refractivity contribution in [1.82, 2.24) is 9.88 Å². The van der Waals surface area contributed by atoms with Gasteiger partial charge in [0, 0.05) is 36.2 Å². The van der Waals surface area contributed by atoms with Crippen molar-refractivity contribution >= 4 is 11.3 Å². The smallest absolute Gasteiger partial charge is 0.0959 e. The Balaban J connectivity index is 1.57. The fraction of sp³-hybridized carbons (Fsp3) is 0.800. The molecular formula is C15H24N2OS. The highest BCUT2D eigenvalue weighted by Gasteiger charge is 2.26. The van der Waals surface area contributed by atoms with Crippen molar-refractivity contribution in [3.63, 3.8) is 0 Å². The van der Waals surface area contributed by atoms with Crippen LogP contribution in [0.1, 0.15) is 54.8 Å². The molecule has 3 rings (SSSR count). The third-order valence-corrected chi connectivity index (χ3v) is 5.91. The number of hydrogen-bond donors (Lipinski definition) is 1. The summed E-state index contributed by atoms with van der Waals surface area (Å²) in [7, 11) is 0. The van der Waals surface area contributed by atoms with Gasteiger partial charge in [-0.2, -0.15) is 0 Å². The Bertz CT molecular complexity index is 416. The third kappa shape index (κ3) is 3.01. The maximum absolute atomic E-state index is 9.26. The van der Waals surface area contributed by atoms with Gasteiger partial charge in [0.1, 0.15) is 0 Å². The second-order valence-electron chi connectivity index (χ2n) is 6.19. The molecule has 3 nitrogen and oxygen atoms in total. The predicted molar refractivity (Wildman–Crippen MR) is 78.4 cm³/mol. The minimum absolute atomic E-state index is 0.352. The van der Waals surface area contributed by atoms with E-state index < -0.39 is 0 Å². The first-order valence-corrected chi connectivity index (χ1v) is 8.37. The largest absolute Gasteiger partial charge is 0.396 e. The summed E-state index contributed by atoms with van der Waals surface area (Å²) < 4.78 is 0. The average Bonchev–Trinajstić information content (AvgIpc) is 2.78. The van der Waals surface area contributed by atoms with Crippen LogP contribution in [0.25, 0.3) is 0 Å². The van der Waals surface area contributed by atoms with Gasteiger partial charge in [-0.15, -0.1) is 11.3 Å². The first-order valence-electron chi connectivity index (χ1n) is 7.55. The number of nitrogens with zero attached hydrogens (tertiary/aromatic N) is 2. The average molecular weight is 280 g/mol.